The van der Waals surface area contributed by atoms with Gasteiger partial charge in [-0.25, -0.2) is 4.98 Å². The van der Waals surface area contributed by atoms with Gasteiger partial charge in [0.25, 0.3) is 0 Å². The van der Waals surface area contributed by atoms with Crippen molar-refractivity contribution < 1.29 is 4.79 Å². The number of amides is 1. The normalized spacial score (nSPS) is 17.8. The number of hydrogen-bond acceptors (Lipinski definition) is 7. The Labute approximate surface area is 153 Å². The summed E-state index contributed by atoms with van der Waals surface area (Å²) in [4.78, 5) is 19.6. The van der Waals surface area contributed by atoms with Crippen LogP contribution < -0.4 is 10.2 Å². The molecule has 1 aromatic carbocycles. The number of nitrogens with zero attached hydrogens (tertiary/aromatic N) is 4. The molecule has 0 aliphatic carbocycles. The van der Waals surface area contributed by atoms with Crippen LogP contribution in [-0.4, -0.2) is 34.2 Å². The van der Waals surface area contributed by atoms with E-state index in [-0.39, 0.29) is 11.8 Å². The van der Waals surface area contributed by atoms with Gasteiger partial charge in [0.15, 0.2) is 5.13 Å². The maximum atomic E-state index is 12.6. The van der Waals surface area contributed by atoms with Gasteiger partial charge in [-0.3, -0.25) is 4.79 Å². The molecular formula is C17H19N5OS2. The molecule has 1 fully saturated rings. The zero-order valence-corrected chi connectivity index (χ0v) is 15.6. The van der Waals surface area contributed by atoms with Crippen molar-refractivity contribution in [3.05, 3.63) is 29.3 Å². The Bertz CT molecular complexity index is 857. The largest absolute Gasteiger partial charge is 0.347 e. The van der Waals surface area contributed by atoms with E-state index in [1.807, 2.05) is 25.1 Å². The first kappa shape index (κ1) is 16.4. The summed E-state index contributed by atoms with van der Waals surface area (Å²) in [5.41, 5.74) is 1.02. The second kappa shape index (κ2) is 7.05. The van der Waals surface area contributed by atoms with Gasteiger partial charge in [0.2, 0.25) is 11.0 Å². The summed E-state index contributed by atoms with van der Waals surface area (Å²) >= 11 is 3.14. The van der Waals surface area contributed by atoms with Crippen LogP contribution in [0.4, 0.5) is 10.3 Å². The fourth-order valence-electron chi connectivity index (χ4n) is 3.01. The Balaban J connectivity index is 1.45. The van der Waals surface area contributed by atoms with Crippen molar-refractivity contribution >= 4 is 49.1 Å². The second-order valence-electron chi connectivity index (χ2n) is 6.09. The van der Waals surface area contributed by atoms with E-state index >= 15 is 0 Å². The number of para-hydroxylation sites is 1. The number of piperidine rings is 1. The van der Waals surface area contributed by atoms with Crippen molar-refractivity contribution in [2.45, 2.75) is 26.2 Å². The highest BCUT2D eigenvalue weighted by atomic mass is 32.1. The SMILES string of the molecule is CCc1nnc(NC(=O)[C@@H]2CCCN(c3nc4ccccc4s3)C2)s1. The van der Waals surface area contributed by atoms with E-state index in [0.717, 1.165) is 41.5 Å². The lowest BCUT2D eigenvalue weighted by atomic mass is 9.98. The van der Waals surface area contributed by atoms with E-state index < -0.39 is 0 Å². The van der Waals surface area contributed by atoms with E-state index in [4.69, 9.17) is 4.98 Å². The number of rotatable bonds is 4. The van der Waals surface area contributed by atoms with Crippen LogP contribution in [0.2, 0.25) is 0 Å². The van der Waals surface area contributed by atoms with Gasteiger partial charge in [-0.05, 0) is 31.4 Å². The highest BCUT2D eigenvalue weighted by Crippen LogP contribution is 2.31. The topological polar surface area (TPSA) is 71.0 Å². The molecule has 1 aliphatic rings. The zero-order chi connectivity index (χ0) is 17.2. The fraction of sp³-hybridized carbons (Fsp3) is 0.412. The van der Waals surface area contributed by atoms with Gasteiger partial charge in [-0.1, -0.05) is 41.7 Å². The molecule has 0 unspecified atom stereocenters. The van der Waals surface area contributed by atoms with Gasteiger partial charge in [-0.15, -0.1) is 10.2 Å². The molecule has 3 aromatic rings. The number of aromatic nitrogens is 3. The third-order valence-electron chi connectivity index (χ3n) is 4.34. The number of benzene rings is 1. The predicted molar refractivity (Wildman–Crippen MR) is 102 cm³/mol. The summed E-state index contributed by atoms with van der Waals surface area (Å²) in [6.07, 6.45) is 2.72. The first-order valence-corrected chi connectivity index (χ1v) is 10.1. The molecule has 4 rings (SSSR count). The van der Waals surface area contributed by atoms with E-state index in [1.54, 1.807) is 11.3 Å². The third kappa shape index (κ3) is 3.50. The van der Waals surface area contributed by atoms with Crippen molar-refractivity contribution in [2.75, 3.05) is 23.3 Å². The number of hydrogen-bond donors (Lipinski definition) is 1. The minimum absolute atomic E-state index is 0.0321. The average molecular weight is 374 g/mol. The van der Waals surface area contributed by atoms with Crippen LogP contribution in [0, 0.1) is 5.92 Å². The molecular weight excluding hydrogens is 354 g/mol. The van der Waals surface area contributed by atoms with Crippen molar-refractivity contribution in [1.82, 2.24) is 15.2 Å². The predicted octanol–water partition coefficient (Wildman–Crippen LogP) is 3.57. The number of nitrogens with one attached hydrogen (secondary N) is 1. The van der Waals surface area contributed by atoms with E-state index in [9.17, 15) is 4.79 Å². The number of fused-ring (bicyclic) bond motifs is 1. The number of aryl methyl sites for hydroxylation is 1. The van der Waals surface area contributed by atoms with Crippen molar-refractivity contribution in [3.8, 4) is 0 Å². The molecule has 8 heteroatoms. The minimum Gasteiger partial charge on any atom is -0.347 e. The Hall–Kier alpha value is -2.06. The van der Waals surface area contributed by atoms with Crippen molar-refractivity contribution in [3.63, 3.8) is 0 Å². The van der Waals surface area contributed by atoms with Crippen LogP contribution in [0.15, 0.2) is 24.3 Å². The summed E-state index contributed by atoms with van der Waals surface area (Å²) in [5.74, 6) is -0.0145. The highest BCUT2D eigenvalue weighted by Gasteiger charge is 2.28. The summed E-state index contributed by atoms with van der Waals surface area (Å²) in [7, 11) is 0. The third-order valence-corrected chi connectivity index (χ3v) is 6.42. The first-order valence-electron chi connectivity index (χ1n) is 8.46. The molecule has 1 amide bonds. The summed E-state index contributed by atoms with van der Waals surface area (Å²) in [5, 5.41) is 13.6. The summed E-state index contributed by atoms with van der Waals surface area (Å²) in [6, 6.07) is 8.16. The lowest BCUT2D eigenvalue weighted by molar-refractivity contribution is -0.120. The van der Waals surface area contributed by atoms with Gasteiger partial charge in [-0.2, -0.15) is 0 Å². The quantitative estimate of drug-likeness (QED) is 0.757. The van der Waals surface area contributed by atoms with E-state index in [0.29, 0.717) is 11.7 Å². The molecule has 0 radical (unpaired) electrons. The Morgan fingerprint density at radius 1 is 1.32 bits per heavy atom. The molecule has 130 valence electrons. The highest BCUT2D eigenvalue weighted by molar-refractivity contribution is 7.22. The number of carbonyl (C=O) groups is 1. The molecule has 1 atom stereocenters. The lowest BCUT2D eigenvalue weighted by Crippen LogP contribution is -2.40. The fourth-order valence-corrected chi connectivity index (χ4v) is 4.70. The molecule has 1 N–H and O–H groups in total. The summed E-state index contributed by atoms with van der Waals surface area (Å²) in [6.45, 7) is 3.68. The monoisotopic (exact) mass is 373 g/mol. The Morgan fingerprint density at radius 3 is 3.00 bits per heavy atom. The van der Waals surface area contributed by atoms with Crippen molar-refractivity contribution in [1.29, 1.82) is 0 Å². The van der Waals surface area contributed by atoms with Crippen LogP contribution in [0.25, 0.3) is 10.2 Å². The molecule has 6 nitrogen and oxygen atoms in total. The molecule has 1 saturated heterocycles. The van der Waals surface area contributed by atoms with Gasteiger partial charge < -0.3 is 10.2 Å². The molecule has 1 aliphatic heterocycles. The average Bonchev–Trinajstić information content (AvgIpc) is 3.28. The Kier molecular flexibility index (Phi) is 4.63. The number of carbonyl (C=O) groups excluding carboxylic acids is 1. The zero-order valence-electron chi connectivity index (χ0n) is 13.9. The van der Waals surface area contributed by atoms with Crippen LogP contribution >= 0.6 is 22.7 Å². The van der Waals surface area contributed by atoms with Crippen LogP contribution in [0.1, 0.15) is 24.8 Å². The van der Waals surface area contributed by atoms with Gasteiger partial charge in [0, 0.05) is 13.1 Å². The van der Waals surface area contributed by atoms with Crippen LogP contribution in [0.5, 0.6) is 0 Å². The Morgan fingerprint density at radius 2 is 2.20 bits per heavy atom. The van der Waals surface area contributed by atoms with E-state index in [1.165, 1.54) is 16.0 Å². The second-order valence-corrected chi connectivity index (χ2v) is 8.16. The van der Waals surface area contributed by atoms with Gasteiger partial charge >= 0.3 is 0 Å². The van der Waals surface area contributed by atoms with Crippen molar-refractivity contribution in [2.24, 2.45) is 5.92 Å². The van der Waals surface area contributed by atoms with Crippen LogP contribution in [-0.2, 0) is 11.2 Å². The molecule has 0 bridgehead atoms. The number of thiazole rings is 1. The number of anilines is 2. The molecule has 0 saturated carbocycles. The standard InChI is InChI=1S/C17H19N5OS2/c1-2-14-20-21-16(25-14)19-15(23)11-6-5-9-22(10-11)17-18-12-7-3-4-8-13(12)24-17/h3-4,7-8,11H,2,5-6,9-10H2,1H3,(H,19,21,23)/t11-/m1/s1. The maximum absolute atomic E-state index is 12.6. The smallest absolute Gasteiger partial charge is 0.231 e. The van der Waals surface area contributed by atoms with Gasteiger partial charge in [0.05, 0.1) is 16.1 Å². The van der Waals surface area contributed by atoms with Crippen LogP contribution in [0.3, 0.4) is 0 Å². The van der Waals surface area contributed by atoms with E-state index in [2.05, 4.69) is 26.5 Å². The lowest BCUT2D eigenvalue weighted by Gasteiger charge is -2.31. The van der Waals surface area contributed by atoms with Gasteiger partial charge in [0.1, 0.15) is 5.01 Å². The maximum Gasteiger partial charge on any atom is 0.231 e. The minimum atomic E-state index is -0.0465. The molecule has 0 spiro atoms. The molecule has 2 aromatic heterocycles. The first-order chi connectivity index (χ1) is 12.2. The molecule has 25 heavy (non-hydrogen) atoms. The summed E-state index contributed by atoms with van der Waals surface area (Å²) < 4.78 is 1.19. The molecule has 3 heterocycles.